The van der Waals surface area contributed by atoms with Gasteiger partial charge < -0.3 is 15.4 Å². The molecular formula is C22H26N4O2. The molecule has 28 heavy (non-hydrogen) atoms. The predicted molar refractivity (Wildman–Crippen MR) is 109 cm³/mol. The number of hydrogen-bond acceptors (Lipinski definition) is 4. The Balaban J connectivity index is 1.42. The number of aliphatic hydroxyl groups is 1. The van der Waals surface area contributed by atoms with Crippen LogP contribution in [0.1, 0.15) is 49.9 Å². The molecule has 146 valence electrons. The molecule has 1 amide bonds. The number of nitrogens with zero attached hydrogens (tertiary/aromatic N) is 2. The third kappa shape index (κ3) is 3.78. The number of rotatable bonds is 4. The monoisotopic (exact) mass is 378 g/mol. The molecule has 4 rings (SSSR count). The largest absolute Gasteiger partial charge is 0.390 e. The molecule has 0 bridgehead atoms. The van der Waals surface area contributed by atoms with E-state index in [4.69, 9.17) is 0 Å². The second kappa shape index (κ2) is 7.36. The zero-order chi connectivity index (χ0) is 19.7. The van der Waals surface area contributed by atoms with Gasteiger partial charge in [-0.3, -0.25) is 9.78 Å². The maximum Gasteiger partial charge on any atom is 0.251 e. The summed E-state index contributed by atoms with van der Waals surface area (Å²) in [4.78, 5) is 24.5. The van der Waals surface area contributed by atoms with Gasteiger partial charge in [-0.1, -0.05) is 12.1 Å². The van der Waals surface area contributed by atoms with Crippen LogP contribution >= 0.6 is 0 Å². The Morgan fingerprint density at radius 1 is 1.11 bits per heavy atom. The van der Waals surface area contributed by atoms with E-state index in [-0.39, 0.29) is 11.9 Å². The summed E-state index contributed by atoms with van der Waals surface area (Å²) in [5.74, 6) is 0.251. The van der Waals surface area contributed by atoms with Crippen molar-refractivity contribution >= 4 is 16.9 Å². The fourth-order valence-corrected chi connectivity index (χ4v) is 4.07. The van der Waals surface area contributed by atoms with E-state index in [2.05, 4.69) is 20.3 Å². The Bertz CT molecular complexity index is 964. The summed E-state index contributed by atoms with van der Waals surface area (Å²) in [5.41, 5.74) is 3.49. The van der Waals surface area contributed by atoms with E-state index >= 15 is 0 Å². The van der Waals surface area contributed by atoms with E-state index in [9.17, 15) is 9.90 Å². The van der Waals surface area contributed by atoms with Crippen molar-refractivity contribution in [2.45, 2.75) is 51.2 Å². The van der Waals surface area contributed by atoms with Crippen molar-refractivity contribution in [2.24, 2.45) is 5.92 Å². The van der Waals surface area contributed by atoms with E-state index < -0.39 is 5.60 Å². The van der Waals surface area contributed by atoms with Gasteiger partial charge in [-0.25, -0.2) is 4.98 Å². The van der Waals surface area contributed by atoms with Crippen molar-refractivity contribution < 1.29 is 9.90 Å². The normalized spacial score (nSPS) is 20.2. The molecule has 0 unspecified atom stereocenters. The molecule has 3 N–H and O–H groups in total. The second-order valence-electron chi connectivity index (χ2n) is 8.21. The first kappa shape index (κ1) is 18.6. The van der Waals surface area contributed by atoms with E-state index in [0.717, 1.165) is 48.0 Å². The van der Waals surface area contributed by atoms with E-state index in [0.29, 0.717) is 11.5 Å². The molecule has 3 aromatic rings. The second-order valence-corrected chi connectivity index (χ2v) is 8.21. The number of hydrogen-bond donors (Lipinski definition) is 3. The van der Waals surface area contributed by atoms with Gasteiger partial charge in [0.15, 0.2) is 0 Å². The topological polar surface area (TPSA) is 90.9 Å². The van der Waals surface area contributed by atoms with Gasteiger partial charge in [-0.05, 0) is 63.6 Å². The van der Waals surface area contributed by atoms with E-state index in [1.807, 2.05) is 44.2 Å². The summed E-state index contributed by atoms with van der Waals surface area (Å²) >= 11 is 0. The van der Waals surface area contributed by atoms with Crippen LogP contribution in [0, 0.1) is 5.92 Å². The molecule has 6 heteroatoms. The maximum atomic E-state index is 12.6. The van der Waals surface area contributed by atoms with Gasteiger partial charge in [0, 0.05) is 23.4 Å². The average Bonchev–Trinajstić information content (AvgIpc) is 3.17. The molecule has 1 aliphatic rings. The Kier molecular flexibility index (Phi) is 4.89. The van der Waals surface area contributed by atoms with Gasteiger partial charge in [0.25, 0.3) is 5.91 Å². The first-order chi connectivity index (χ1) is 13.4. The average molecular weight is 378 g/mol. The number of nitrogens with one attached hydrogen (secondary N) is 2. The number of aromatic nitrogens is 3. The quantitative estimate of drug-likeness (QED) is 0.646. The number of pyridine rings is 1. The minimum atomic E-state index is -0.643. The van der Waals surface area contributed by atoms with Crippen LogP contribution in [-0.4, -0.2) is 37.6 Å². The van der Waals surface area contributed by atoms with Crippen LogP contribution in [-0.2, 0) is 0 Å². The predicted octanol–water partition coefficient (Wildman–Crippen LogP) is 3.68. The zero-order valence-corrected chi connectivity index (χ0v) is 16.3. The van der Waals surface area contributed by atoms with Crippen molar-refractivity contribution in [3.8, 4) is 11.3 Å². The minimum Gasteiger partial charge on any atom is -0.390 e. The van der Waals surface area contributed by atoms with Crippen LogP contribution in [0.3, 0.4) is 0 Å². The highest BCUT2D eigenvalue weighted by Crippen LogP contribution is 2.32. The lowest BCUT2D eigenvalue weighted by Crippen LogP contribution is -2.41. The molecule has 2 heterocycles. The number of H-pyrrole nitrogens is 1. The van der Waals surface area contributed by atoms with Crippen molar-refractivity contribution in [3.05, 3.63) is 48.4 Å². The van der Waals surface area contributed by atoms with Gasteiger partial charge in [0.1, 0.15) is 5.52 Å². The molecule has 1 saturated carbocycles. The highest BCUT2D eigenvalue weighted by atomic mass is 16.3. The molecule has 0 aliphatic heterocycles. The molecule has 1 fully saturated rings. The number of carbonyl (C=O) groups is 1. The van der Waals surface area contributed by atoms with Crippen molar-refractivity contribution in [2.75, 3.05) is 0 Å². The van der Waals surface area contributed by atoms with Gasteiger partial charge in [-0.2, -0.15) is 0 Å². The summed E-state index contributed by atoms with van der Waals surface area (Å²) in [6.45, 7) is 3.74. The Labute approximate surface area is 164 Å². The van der Waals surface area contributed by atoms with Crippen LogP contribution in [0.25, 0.3) is 22.3 Å². The van der Waals surface area contributed by atoms with E-state index in [1.54, 1.807) is 12.5 Å². The highest BCUT2D eigenvalue weighted by Gasteiger charge is 2.31. The lowest BCUT2D eigenvalue weighted by atomic mass is 9.77. The summed E-state index contributed by atoms with van der Waals surface area (Å²) in [6, 6.07) is 9.55. The Morgan fingerprint density at radius 3 is 2.50 bits per heavy atom. The highest BCUT2D eigenvalue weighted by molar-refractivity contribution is 5.95. The first-order valence-electron chi connectivity index (χ1n) is 9.83. The molecule has 0 atom stereocenters. The summed E-state index contributed by atoms with van der Waals surface area (Å²) in [6.07, 6.45) is 7.09. The number of imidazole rings is 1. The van der Waals surface area contributed by atoms with Gasteiger partial charge in [-0.15, -0.1) is 0 Å². The van der Waals surface area contributed by atoms with Crippen LogP contribution < -0.4 is 5.32 Å². The van der Waals surface area contributed by atoms with Gasteiger partial charge in [0.05, 0.1) is 23.1 Å². The fourth-order valence-electron chi connectivity index (χ4n) is 4.07. The molecule has 2 aromatic heterocycles. The number of amides is 1. The van der Waals surface area contributed by atoms with Crippen LogP contribution in [0.5, 0.6) is 0 Å². The van der Waals surface area contributed by atoms with Crippen molar-refractivity contribution in [1.29, 1.82) is 0 Å². The molecule has 6 nitrogen and oxygen atoms in total. The third-order valence-electron chi connectivity index (χ3n) is 5.82. The lowest BCUT2D eigenvalue weighted by Gasteiger charge is -2.36. The molecule has 1 aromatic carbocycles. The molecule has 1 aliphatic carbocycles. The Hall–Kier alpha value is -2.73. The lowest BCUT2D eigenvalue weighted by molar-refractivity contribution is -0.00257. The SMILES string of the molecule is CC(C)(O)[C@H]1CC[C@H](NC(=O)c2ccc(-c3nccc4[nH]cnc34)cc2)CC1. The van der Waals surface area contributed by atoms with Crippen molar-refractivity contribution in [3.63, 3.8) is 0 Å². The zero-order valence-electron chi connectivity index (χ0n) is 16.3. The number of carbonyl (C=O) groups excluding carboxylic acids is 1. The standard InChI is InChI=1S/C22H26N4O2/c1-22(2,28)16-7-9-17(10-8-16)26-21(27)15-5-3-14(4-6-15)19-20-18(11-12-23-19)24-13-25-20/h3-6,11-13,16-17,28H,7-10H2,1-2H3,(H,24,25)(H,26,27)/t16-,17-. The number of fused-ring (bicyclic) bond motifs is 1. The van der Waals surface area contributed by atoms with Crippen LogP contribution in [0.4, 0.5) is 0 Å². The van der Waals surface area contributed by atoms with Gasteiger partial charge in [0.2, 0.25) is 0 Å². The molecule has 0 saturated heterocycles. The summed E-state index contributed by atoms with van der Waals surface area (Å²) in [7, 11) is 0. The first-order valence-corrected chi connectivity index (χ1v) is 9.83. The smallest absolute Gasteiger partial charge is 0.251 e. The molecule has 0 radical (unpaired) electrons. The number of benzene rings is 1. The summed E-state index contributed by atoms with van der Waals surface area (Å²) in [5, 5.41) is 13.3. The van der Waals surface area contributed by atoms with Crippen LogP contribution in [0.15, 0.2) is 42.9 Å². The number of aromatic amines is 1. The third-order valence-corrected chi connectivity index (χ3v) is 5.82. The molecule has 0 spiro atoms. The van der Waals surface area contributed by atoms with Gasteiger partial charge >= 0.3 is 0 Å². The minimum absolute atomic E-state index is 0.0517. The Morgan fingerprint density at radius 2 is 1.82 bits per heavy atom. The van der Waals surface area contributed by atoms with Crippen LogP contribution in [0.2, 0.25) is 0 Å². The fraction of sp³-hybridized carbons (Fsp3) is 0.409. The molecular weight excluding hydrogens is 352 g/mol. The summed E-state index contributed by atoms with van der Waals surface area (Å²) < 4.78 is 0. The van der Waals surface area contributed by atoms with E-state index in [1.165, 1.54) is 0 Å². The van der Waals surface area contributed by atoms with Crippen molar-refractivity contribution in [1.82, 2.24) is 20.3 Å². The maximum absolute atomic E-state index is 12.6.